The van der Waals surface area contributed by atoms with Gasteiger partial charge in [0.05, 0.1) is 12.1 Å². The molecule has 176 valence electrons. The van der Waals surface area contributed by atoms with E-state index >= 15 is 0 Å². The predicted octanol–water partition coefficient (Wildman–Crippen LogP) is 4.56. The molecule has 0 aliphatic carbocycles. The van der Waals surface area contributed by atoms with Crippen molar-refractivity contribution in [3.05, 3.63) is 101 Å². The molecule has 0 aromatic heterocycles. The zero-order valence-electron chi connectivity index (χ0n) is 18.4. The fourth-order valence-electron chi connectivity index (χ4n) is 3.81. The summed E-state index contributed by atoms with van der Waals surface area (Å²) in [6.45, 7) is 0.226. The average Bonchev–Trinajstić information content (AvgIpc) is 3.19. The van der Waals surface area contributed by atoms with Crippen molar-refractivity contribution in [2.75, 3.05) is 0 Å². The third-order valence-corrected chi connectivity index (χ3v) is 6.62. The molecule has 5 rings (SSSR count). The summed E-state index contributed by atoms with van der Waals surface area (Å²) in [6.07, 6.45) is -0.113. The molecule has 0 saturated heterocycles. The molecule has 3 aromatic carbocycles. The summed E-state index contributed by atoms with van der Waals surface area (Å²) in [6, 6.07) is 18.5. The van der Waals surface area contributed by atoms with Crippen LogP contribution in [0.4, 0.5) is 14.5 Å². The molecule has 6 nitrogen and oxygen atoms in total. The Morgan fingerprint density at radius 1 is 0.943 bits per heavy atom. The Labute approximate surface area is 204 Å². The van der Waals surface area contributed by atoms with Crippen LogP contribution in [0.1, 0.15) is 23.1 Å². The molecule has 3 aromatic rings. The first-order valence-electron chi connectivity index (χ1n) is 11.0. The van der Waals surface area contributed by atoms with Gasteiger partial charge in [-0.2, -0.15) is 0 Å². The van der Waals surface area contributed by atoms with E-state index in [1.807, 2.05) is 24.3 Å². The largest absolute Gasteiger partial charge is 0.352 e. The van der Waals surface area contributed by atoms with E-state index in [1.54, 1.807) is 24.3 Å². The van der Waals surface area contributed by atoms with Crippen LogP contribution in [0, 0.1) is 11.6 Å². The lowest BCUT2D eigenvalue weighted by Crippen LogP contribution is -2.42. The van der Waals surface area contributed by atoms with Gasteiger partial charge in [0.15, 0.2) is 5.17 Å². The molecule has 9 heteroatoms. The van der Waals surface area contributed by atoms with Crippen LogP contribution in [0.15, 0.2) is 82.8 Å². The van der Waals surface area contributed by atoms with Crippen molar-refractivity contribution in [1.29, 1.82) is 0 Å². The maximum Gasteiger partial charge on any atom is 0.259 e. The van der Waals surface area contributed by atoms with Crippen molar-refractivity contribution < 1.29 is 18.4 Å². The highest BCUT2D eigenvalue weighted by Crippen LogP contribution is 2.34. The van der Waals surface area contributed by atoms with Crippen LogP contribution in [0.25, 0.3) is 0 Å². The van der Waals surface area contributed by atoms with Gasteiger partial charge in [0.1, 0.15) is 23.5 Å². The molecule has 0 unspecified atom stereocenters. The van der Waals surface area contributed by atoms with Crippen molar-refractivity contribution >= 4 is 40.3 Å². The van der Waals surface area contributed by atoms with Crippen molar-refractivity contribution in [1.82, 2.24) is 10.2 Å². The highest BCUT2D eigenvalue weighted by Gasteiger charge is 2.42. The topological polar surface area (TPSA) is 74.1 Å². The number of nitrogens with zero attached hydrogens (tertiary/aromatic N) is 3. The van der Waals surface area contributed by atoms with Crippen molar-refractivity contribution in [3.63, 3.8) is 0 Å². The lowest BCUT2D eigenvalue weighted by Gasteiger charge is -2.25. The summed E-state index contributed by atoms with van der Waals surface area (Å²) < 4.78 is 26.3. The zero-order chi connectivity index (χ0) is 24.4. The minimum Gasteiger partial charge on any atom is -0.352 e. The molecule has 2 amide bonds. The number of para-hydroxylation sites is 1. The highest BCUT2D eigenvalue weighted by atomic mass is 32.2. The van der Waals surface area contributed by atoms with Crippen molar-refractivity contribution in [3.8, 4) is 0 Å². The van der Waals surface area contributed by atoms with Crippen LogP contribution in [-0.2, 0) is 21.9 Å². The minimum atomic E-state index is -0.874. The molecule has 35 heavy (non-hydrogen) atoms. The van der Waals surface area contributed by atoms with Crippen molar-refractivity contribution in [2.24, 2.45) is 9.98 Å². The van der Waals surface area contributed by atoms with Gasteiger partial charge in [0, 0.05) is 17.9 Å². The molecule has 0 spiro atoms. The third kappa shape index (κ3) is 5.00. The van der Waals surface area contributed by atoms with Crippen LogP contribution in [0.2, 0.25) is 0 Å². The number of carbonyl (C=O) groups is 2. The summed E-state index contributed by atoms with van der Waals surface area (Å²) in [4.78, 5) is 36.6. The maximum atomic E-state index is 13.3. The quantitative estimate of drug-likeness (QED) is 0.551. The first kappa shape index (κ1) is 22.9. The van der Waals surface area contributed by atoms with Crippen LogP contribution in [0.3, 0.4) is 0 Å². The van der Waals surface area contributed by atoms with Crippen LogP contribution >= 0.6 is 11.8 Å². The highest BCUT2D eigenvalue weighted by molar-refractivity contribution is 8.13. The molecule has 2 aliphatic heterocycles. The Kier molecular flexibility index (Phi) is 6.41. The van der Waals surface area contributed by atoms with E-state index in [1.165, 1.54) is 40.9 Å². The number of nitrogens with one attached hydrogen (secondary N) is 1. The lowest BCUT2D eigenvalue weighted by molar-refractivity contribution is -0.128. The second-order valence-corrected chi connectivity index (χ2v) is 9.02. The molecule has 2 heterocycles. The van der Waals surface area contributed by atoms with Gasteiger partial charge in [0.25, 0.3) is 5.91 Å². The number of thioether (sulfide) groups is 1. The summed E-state index contributed by atoms with van der Waals surface area (Å²) in [5, 5.41) is 3.23. The van der Waals surface area contributed by atoms with Gasteiger partial charge in [-0.15, -0.1) is 0 Å². The zero-order valence-corrected chi connectivity index (χ0v) is 19.3. The molecule has 0 bridgehead atoms. The van der Waals surface area contributed by atoms with Gasteiger partial charge in [-0.05, 0) is 47.5 Å². The molecular weight excluding hydrogens is 470 g/mol. The second-order valence-electron chi connectivity index (χ2n) is 8.08. The maximum absolute atomic E-state index is 13.3. The molecule has 0 fully saturated rings. The predicted molar refractivity (Wildman–Crippen MR) is 131 cm³/mol. The van der Waals surface area contributed by atoms with E-state index in [2.05, 4.69) is 15.3 Å². The number of rotatable bonds is 6. The fourth-order valence-corrected chi connectivity index (χ4v) is 4.77. The Hall–Kier alpha value is -3.85. The Morgan fingerprint density at radius 2 is 1.60 bits per heavy atom. The standard InChI is InChI=1S/C26H20F2N4O2S/c27-18-9-5-16(6-10-18)14-29-23(33)13-22-25(34)32-24(30-22)20-3-1-2-4-21(20)31-26(32)35-15-17-7-11-19(28)12-8-17/h1-12,22H,13-15H2,(H,29,33)/t22-/m0/s1. The Morgan fingerprint density at radius 3 is 2.31 bits per heavy atom. The second kappa shape index (κ2) is 9.79. The molecule has 2 aliphatic rings. The van der Waals surface area contributed by atoms with Gasteiger partial charge in [-0.25, -0.2) is 18.7 Å². The lowest BCUT2D eigenvalue weighted by atomic mass is 10.1. The van der Waals surface area contributed by atoms with E-state index in [9.17, 15) is 18.4 Å². The van der Waals surface area contributed by atoms with Gasteiger partial charge < -0.3 is 5.32 Å². The molecular formula is C26H20F2N4O2S. The summed E-state index contributed by atoms with van der Waals surface area (Å²) in [7, 11) is 0. The SMILES string of the molecule is O=C(C[C@@H]1N=C2c3ccccc3N=C(SCc3ccc(F)cc3)N2C1=O)NCc1ccc(F)cc1. The Bertz CT molecular complexity index is 1340. The van der Waals surface area contributed by atoms with Gasteiger partial charge >= 0.3 is 0 Å². The van der Waals surface area contributed by atoms with E-state index in [0.717, 1.165) is 16.7 Å². The molecule has 1 N–H and O–H groups in total. The number of fused-ring (bicyclic) bond motifs is 3. The monoisotopic (exact) mass is 490 g/mol. The number of amides is 2. The van der Waals surface area contributed by atoms with Gasteiger partial charge in [-0.3, -0.25) is 14.6 Å². The number of hydrogen-bond acceptors (Lipinski definition) is 5. The number of amidine groups is 2. The minimum absolute atomic E-state index is 0.113. The normalized spacial score (nSPS) is 16.3. The number of aliphatic imine (C=N–C) groups is 2. The van der Waals surface area contributed by atoms with Gasteiger partial charge in [-0.1, -0.05) is 48.2 Å². The third-order valence-electron chi connectivity index (χ3n) is 5.61. The average molecular weight is 491 g/mol. The number of halogens is 2. The van der Waals surface area contributed by atoms with E-state index < -0.39 is 6.04 Å². The van der Waals surface area contributed by atoms with Gasteiger partial charge in [0.2, 0.25) is 5.91 Å². The van der Waals surface area contributed by atoms with Crippen molar-refractivity contribution in [2.45, 2.75) is 24.8 Å². The first-order chi connectivity index (χ1) is 17.0. The fraction of sp³-hybridized carbons (Fsp3) is 0.154. The van der Waals surface area contributed by atoms with Crippen LogP contribution in [0.5, 0.6) is 0 Å². The van der Waals surface area contributed by atoms with E-state index in [0.29, 0.717) is 22.4 Å². The number of carbonyl (C=O) groups excluding carboxylic acids is 2. The molecule has 1 atom stereocenters. The smallest absolute Gasteiger partial charge is 0.259 e. The Balaban J connectivity index is 1.32. The summed E-state index contributed by atoms with van der Waals surface area (Å²) >= 11 is 1.35. The summed E-state index contributed by atoms with van der Waals surface area (Å²) in [5.74, 6) is -0.356. The van der Waals surface area contributed by atoms with E-state index in [4.69, 9.17) is 0 Å². The molecule has 0 radical (unpaired) electrons. The number of hydrogen-bond donors (Lipinski definition) is 1. The first-order valence-corrected chi connectivity index (χ1v) is 11.9. The van der Waals surface area contributed by atoms with E-state index in [-0.39, 0.29) is 36.4 Å². The molecule has 0 saturated carbocycles. The number of benzene rings is 3. The van der Waals surface area contributed by atoms with Crippen LogP contribution in [-0.4, -0.2) is 33.8 Å². The summed E-state index contributed by atoms with van der Waals surface area (Å²) in [5.41, 5.74) is 3.06. The van der Waals surface area contributed by atoms with Crippen LogP contribution < -0.4 is 5.32 Å².